The maximum Gasteiger partial charge on any atom is 0.241 e. The third-order valence-corrected chi connectivity index (χ3v) is 6.19. The van der Waals surface area contributed by atoms with Crippen molar-refractivity contribution in [2.24, 2.45) is 5.73 Å². The average molecular weight is 477 g/mol. The molecule has 33 heavy (non-hydrogen) atoms. The van der Waals surface area contributed by atoms with Gasteiger partial charge in [-0.15, -0.1) is 0 Å². The molecule has 3 atom stereocenters. The molecule has 0 aliphatic carbocycles. The van der Waals surface area contributed by atoms with Crippen LogP contribution in [-0.2, 0) is 27.2 Å². The number of carbonyl (C=O) groups is 2. The molecule has 0 saturated carbocycles. The highest BCUT2D eigenvalue weighted by atomic mass is 35.5. The van der Waals surface area contributed by atoms with E-state index < -0.39 is 18.3 Å². The molecule has 7 nitrogen and oxygen atoms in total. The van der Waals surface area contributed by atoms with E-state index in [1.165, 1.54) is 19.2 Å². The Morgan fingerprint density at radius 2 is 1.73 bits per heavy atom. The monoisotopic (exact) mass is 476 g/mol. The Hall–Kier alpha value is -2.52. The number of nitrogens with one attached hydrogen (secondary N) is 1. The Balaban J connectivity index is 1.68. The maximum atomic E-state index is 13.1. The second-order valence-corrected chi connectivity index (χ2v) is 8.55. The molecule has 0 spiro atoms. The van der Waals surface area contributed by atoms with Crippen molar-refractivity contribution in [1.29, 1.82) is 0 Å². The number of nitrogens with two attached hydrogens (primary N) is 1. The van der Waals surface area contributed by atoms with Crippen molar-refractivity contribution >= 4 is 23.4 Å². The summed E-state index contributed by atoms with van der Waals surface area (Å²) in [6.45, 7) is 1.25. The number of benzene rings is 2. The number of carbonyl (C=O) groups excluding carboxylic acids is 2. The number of halogens is 2. The van der Waals surface area contributed by atoms with Gasteiger partial charge in [0.2, 0.25) is 11.8 Å². The third kappa shape index (κ3) is 6.51. The first-order chi connectivity index (χ1) is 15.8. The van der Waals surface area contributed by atoms with Gasteiger partial charge in [0, 0.05) is 38.8 Å². The van der Waals surface area contributed by atoms with Gasteiger partial charge in [0.25, 0.3) is 0 Å². The van der Waals surface area contributed by atoms with Gasteiger partial charge in [0.15, 0.2) is 0 Å². The molecule has 178 valence electrons. The molecule has 2 amide bonds. The fourth-order valence-corrected chi connectivity index (χ4v) is 4.21. The zero-order valence-electron chi connectivity index (χ0n) is 18.8. The Labute approximate surface area is 198 Å². The van der Waals surface area contributed by atoms with Crippen molar-refractivity contribution in [2.75, 3.05) is 33.8 Å². The number of nitrogens with zero attached hydrogens (tertiary/aromatic N) is 2. The van der Waals surface area contributed by atoms with Crippen molar-refractivity contribution in [3.05, 3.63) is 70.5 Å². The highest BCUT2D eigenvalue weighted by Crippen LogP contribution is 2.19. The number of ether oxygens (including phenoxy) is 1. The normalized spacial score (nSPS) is 18.6. The maximum absolute atomic E-state index is 13.1. The molecule has 0 radical (unpaired) electrons. The summed E-state index contributed by atoms with van der Waals surface area (Å²) in [6, 6.07) is 12.2. The van der Waals surface area contributed by atoms with Crippen molar-refractivity contribution in [3.63, 3.8) is 0 Å². The van der Waals surface area contributed by atoms with E-state index >= 15 is 0 Å². The third-order valence-electron chi connectivity index (χ3n) is 5.94. The van der Waals surface area contributed by atoms with Crippen LogP contribution >= 0.6 is 11.6 Å². The van der Waals surface area contributed by atoms with E-state index in [-0.39, 0.29) is 17.6 Å². The summed E-state index contributed by atoms with van der Waals surface area (Å²) in [7, 11) is 3.15. The first-order valence-corrected chi connectivity index (χ1v) is 11.2. The van der Waals surface area contributed by atoms with Gasteiger partial charge >= 0.3 is 0 Å². The fraction of sp³-hybridized carbons (Fsp3) is 0.417. The number of hydrogen-bond donors (Lipinski definition) is 2. The van der Waals surface area contributed by atoms with Gasteiger partial charge in [-0.25, -0.2) is 4.39 Å². The molecular formula is C24H30ClFN4O3. The van der Waals surface area contributed by atoms with E-state index in [9.17, 15) is 14.0 Å². The van der Waals surface area contributed by atoms with Crippen LogP contribution in [0.15, 0.2) is 48.5 Å². The van der Waals surface area contributed by atoms with Gasteiger partial charge in [-0.1, -0.05) is 35.9 Å². The molecule has 3 rings (SSSR count). The lowest BCUT2D eigenvalue weighted by Crippen LogP contribution is -2.63. The lowest BCUT2D eigenvalue weighted by molar-refractivity contribution is -0.155. The lowest BCUT2D eigenvalue weighted by Gasteiger charge is -2.43. The molecule has 1 aliphatic heterocycles. The smallest absolute Gasteiger partial charge is 0.241 e. The molecule has 3 N–H and O–H groups in total. The molecule has 2 aromatic rings. The van der Waals surface area contributed by atoms with Crippen LogP contribution in [0.3, 0.4) is 0 Å². The summed E-state index contributed by atoms with van der Waals surface area (Å²) in [6.07, 6.45) is 0.265. The number of hydrogen-bond acceptors (Lipinski definition) is 5. The number of amides is 2. The van der Waals surface area contributed by atoms with Gasteiger partial charge in [-0.05, 0) is 48.2 Å². The number of rotatable bonds is 8. The molecular weight excluding hydrogens is 447 g/mol. The van der Waals surface area contributed by atoms with Gasteiger partial charge in [0.05, 0.1) is 12.1 Å². The molecule has 2 aromatic carbocycles. The zero-order valence-corrected chi connectivity index (χ0v) is 19.6. The summed E-state index contributed by atoms with van der Waals surface area (Å²) in [4.78, 5) is 29.4. The van der Waals surface area contributed by atoms with Crippen LogP contribution in [-0.4, -0.2) is 73.7 Å². The minimum atomic E-state index is -0.775. The minimum absolute atomic E-state index is 0.104. The predicted molar refractivity (Wildman–Crippen MR) is 125 cm³/mol. The first-order valence-electron chi connectivity index (χ1n) is 10.9. The first kappa shape index (κ1) is 25.1. The molecule has 1 heterocycles. The number of piperazine rings is 1. The highest BCUT2D eigenvalue weighted by molar-refractivity contribution is 6.30. The van der Waals surface area contributed by atoms with Crippen molar-refractivity contribution in [1.82, 2.24) is 15.1 Å². The van der Waals surface area contributed by atoms with Crippen LogP contribution in [0.1, 0.15) is 11.1 Å². The Kier molecular flexibility index (Phi) is 8.80. The van der Waals surface area contributed by atoms with Crippen LogP contribution in [0.25, 0.3) is 0 Å². The quantitative estimate of drug-likeness (QED) is 0.607. The van der Waals surface area contributed by atoms with E-state index in [1.54, 1.807) is 36.2 Å². The van der Waals surface area contributed by atoms with E-state index in [2.05, 4.69) is 5.32 Å². The Bertz CT molecular complexity index is 942. The lowest BCUT2D eigenvalue weighted by atomic mass is 10.0. The fourth-order valence-electron chi connectivity index (χ4n) is 4.08. The average Bonchev–Trinajstić information content (AvgIpc) is 2.83. The van der Waals surface area contributed by atoms with Gasteiger partial charge in [0.1, 0.15) is 12.0 Å². The van der Waals surface area contributed by atoms with Crippen molar-refractivity contribution in [2.45, 2.75) is 31.2 Å². The standard InChI is InChI=1S/C24H30ClFN4O3/c1-28-23(31)21(14-17-3-7-18(25)8-4-17)29-11-12-30(22(15-29)33-2)24(32)20(27)13-16-5-9-19(26)10-6-16/h3-10,20-22H,11-15,27H2,1-2H3,(H,28,31). The van der Waals surface area contributed by atoms with Crippen molar-refractivity contribution in [3.8, 4) is 0 Å². The molecule has 1 fully saturated rings. The Morgan fingerprint density at radius 1 is 1.12 bits per heavy atom. The second kappa shape index (κ2) is 11.6. The topological polar surface area (TPSA) is 87.9 Å². The highest BCUT2D eigenvalue weighted by Gasteiger charge is 2.37. The van der Waals surface area contributed by atoms with E-state index in [4.69, 9.17) is 22.1 Å². The van der Waals surface area contributed by atoms with E-state index in [0.29, 0.717) is 37.5 Å². The van der Waals surface area contributed by atoms with Crippen LogP contribution in [0.5, 0.6) is 0 Å². The second-order valence-electron chi connectivity index (χ2n) is 8.11. The van der Waals surface area contributed by atoms with Crippen LogP contribution in [0.4, 0.5) is 4.39 Å². The predicted octanol–water partition coefficient (Wildman–Crippen LogP) is 1.82. The Morgan fingerprint density at radius 3 is 2.33 bits per heavy atom. The van der Waals surface area contributed by atoms with Crippen LogP contribution < -0.4 is 11.1 Å². The minimum Gasteiger partial charge on any atom is -0.360 e. The van der Waals surface area contributed by atoms with Crippen LogP contribution in [0.2, 0.25) is 5.02 Å². The summed E-state index contributed by atoms with van der Waals surface area (Å²) in [5.41, 5.74) is 7.96. The largest absolute Gasteiger partial charge is 0.360 e. The van der Waals surface area contributed by atoms with E-state index in [0.717, 1.165) is 11.1 Å². The SMILES string of the molecule is CNC(=O)C(Cc1ccc(Cl)cc1)N1CCN(C(=O)C(N)Cc2ccc(F)cc2)C(OC)C1. The molecule has 9 heteroatoms. The zero-order chi connectivity index (χ0) is 24.0. The van der Waals surface area contributed by atoms with Crippen LogP contribution in [0, 0.1) is 5.82 Å². The summed E-state index contributed by atoms with van der Waals surface area (Å²) < 4.78 is 18.8. The molecule has 1 saturated heterocycles. The van der Waals surface area contributed by atoms with E-state index in [1.807, 2.05) is 17.0 Å². The van der Waals surface area contributed by atoms with Gasteiger partial charge in [-0.3, -0.25) is 14.5 Å². The van der Waals surface area contributed by atoms with Gasteiger partial charge in [-0.2, -0.15) is 0 Å². The molecule has 3 unspecified atom stereocenters. The van der Waals surface area contributed by atoms with Gasteiger partial charge < -0.3 is 20.7 Å². The summed E-state index contributed by atoms with van der Waals surface area (Å²) in [5.74, 6) is -0.675. The molecule has 0 aromatic heterocycles. The van der Waals surface area contributed by atoms with Crippen molar-refractivity contribution < 1.29 is 18.7 Å². The number of likely N-dealkylation sites (N-methyl/N-ethyl adjacent to an activating group) is 1. The summed E-state index contributed by atoms with van der Waals surface area (Å²) >= 11 is 5.98. The molecule has 1 aliphatic rings. The molecule has 0 bridgehead atoms. The number of methoxy groups -OCH3 is 1. The summed E-state index contributed by atoms with van der Waals surface area (Å²) in [5, 5.41) is 3.37.